The van der Waals surface area contributed by atoms with Crippen LogP contribution in [0.3, 0.4) is 0 Å². The van der Waals surface area contributed by atoms with E-state index in [0.717, 1.165) is 23.1 Å². The van der Waals surface area contributed by atoms with E-state index in [2.05, 4.69) is 0 Å². The minimum atomic E-state index is -0.330. The molecule has 2 aromatic rings. The van der Waals surface area contributed by atoms with Crippen molar-refractivity contribution >= 4 is 5.91 Å². The van der Waals surface area contributed by atoms with E-state index < -0.39 is 0 Å². The maximum absolute atomic E-state index is 13.9. The number of carbonyl (C=O) groups excluding carboxylic acids is 1. The molecular formula is C18H18FNO2. The number of phenolic OH excluding ortho intramolecular Hbond substituents is 1. The van der Waals surface area contributed by atoms with Crippen LogP contribution < -0.4 is 0 Å². The zero-order valence-corrected chi connectivity index (χ0v) is 12.5. The molecule has 0 aliphatic carbocycles. The molecule has 0 saturated carbocycles. The quantitative estimate of drug-likeness (QED) is 0.926. The van der Waals surface area contributed by atoms with Crippen molar-refractivity contribution in [1.29, 1.82) is 0 Å². The summed E-state index contributed by atoms with van der Waals surface area (Å²) < 4.78 is 13.9. The minimum absolute atomic E-state index is 0.0697. The number of hydrogen-bond acceptors (Lipinski definition) is 2. The van der Waals surface area contributed by atoms with Crippen molar-refractivity contribution in [3.63, 3.8) is 0 Å². The topological polar surface area (TPSA) is 40.5 Å². The molecule has 0 radical (unpaired) electrons. The summed E-state index contributed by atoms with van der Waals surface area (Å²) in [6.07, 6.45) is 0.831. The van der Waals surface area contributed by atoms with Crippen LogP contribution in [0, 0.1) is 12.7 Å². The van der Waals surface area contributed by atoms with E-state index in [1.165, 1.54) is 6.07 Å². The standard InChI is InChI=1S/C18H18FNO2/c1-12-2-3-14(17(19)8-12)10-18(22)20-7-6-13-4-5-16(21)9-15(13)11-20/h2-5,8-9,21H,6-7,10-11H2,1H3. The highest BCUT2D eigenvalue weighted by Gasteiger charge is 2.21. The van der Waals surface area contributed by atoms with Crippen molar-refractivity contribution in [2.24, 2.45) is 0 Å². The maximum Gasteiger partial charge on any atom is 0.227 e. The van der Waals surface area contributed by atoms with Crippen LogP contribution in [-0.4, -0.2) is 22.5 Å². The first-order chi connectivity index (χ1) is 10.5. The van der Waals surface area contributed by atoms with E-state index in [1.807, 2.05) is 19.1 Å². The van der Waals surface area contributed by atoms with Crippen LogP contribution in [-0.2, 0) is 24.2 Å². The lowest BCUT2D eigenvalue weighted by Crippen LogP contribution is -2.37. The second-order valence-electron chi connectivity index (χ2n) is 5.79. The van der Waals surface area contributed by atoms with Gasteiger partial charge >= 0.3 is 0 Å². The van der Waals surface area contributed by atoms with E-state index in [9.17, 15) is 14.3 Å². The molecule has 0 unspecified atom stereocenters. The van der Waals surface area contributed by atoms with Crippen LogP contribution in [0.5, 0.6) is 5.75 Å². The lowest BCUT2D eigenvalue weighted by Gasteiger charge is -2.29. The van der Waals surface area contributed by atoms with Gasteiger partial charge in [-0.05, 0) is 53.8 Å². The lowest BCUT2D eigenvalue weighted by atomic mass is 9.98. The fraction of sp³-hybridized carbons (Fsp3) is 0.278. The molecule has 0 spiro atoms. The predicted molar refractivity (Wildman–Crippen MR) is 82.1 cm³/mol. The Labute approximate surface area is 129 Å². The van der Waals surface area contributed by atoms with Crippen LogP contribution in [0.15, 0.2) is 36.4 Å². The number of amides is 1. The fourth-order valence-electron chi connectivity index (χ4n) is 2.83. The van der Waals surface area contributed by atoms with Gasteiger partial charge in [0.05, 0.1) is 6.42 Å². The number of fused-ring (bicyclic) bond motifs is 1. The molecule has 1 aliphatic heterocycles. The Bertz CT molecular complexity index is 727. The molecule has 22 heavy (non-hydrogen) atoms. The molecule has 114 valence electrons. The van der Waals surface area contributed by atoms with Gasteiger partial charge in [-0.3, -0.25) is 4.79 Å². The molecular weight excluding hydrogens is 281 g/mol. The van der Waals surface area contributed by atoms with Crippen molar-refractivity contribution in [3.05, 3.63) is 64.5 Å². The van der Waals surface area contributed by atoms with Crippen LogP contribution >= 0.6 is 0 Å². The van der Waals surface area contributed by atoms with Gasteiger partial charge in [-0.25, -0.2) is 4.39 Å². The highest BCUT2D eigenvalue weighted by molar-refractivity contribution is 5.79. The number of phenols is 1. The molecule has 1 amide bonds. The molecule has 0 saturated heterocycles. The van der Waals surface area contributed by atoms with Crippen molar-refractivity contribution in [3.8, 4) is 5.75 Å². The Morgan fingerprint density at radius 2 is 2.05 bits per heavy atom. The van der Waals surface area contributed by atoms with Crippen LogP contribution in [0.4, 0.5) is 4.39 Å². The number of carbonyl (C=O) groups is 1. The minimum Gasteiger partial charge on any atom is -0.508 e. The number of nitrogens with zero attached hydrogens (tertiary/aromatic N) is 1. The van der Waals surface area contributed by atoms with Crippen LogP contribution in [0.25, 0.3) is 0 Å². The van der Waals surface area contributed by atoms with Gasteiger partial charge < -0.3 is 10.0 Å². The predicted octanol–water partition coefficient (Wildman–Crippen LogP) is 2.97. The summed E-state index contributed by atoms with van der Waals surface area (Å²) in [4.78, 5) is 14.1. The SMILES string of the molecule is Cc1ccc(CC(=O)N2CCc3ccc(O)cc3C2)c(F)c1. The van der Waals surface area contributed by atoms with Gasteiger partial charge in [-0.1, -0.05) is 18.2 Å². The molecule has 0 atom stereocenters. The second kappa shape index (κ2) is 5.79. The first-order valence-corrected chi connectivity index (χ1v) is 7.36. The number of halogens is 1. The molecule has 1 heterocycles. The molecule has 1 aliphatic rings. The van der Waals surface area contributed by atoms with Gasteiger partial charge in [0.2, 0.25) is 5.91 Å². The van der Waals surface area contributed by atoms with E-state index in [1.54, 1.807) is 23.1 Å². The fourth-order valence-corrected chi connectivity index (χ4v) is 2.83. The first kappa shape index (κ1) is 14.6. The van der Waals surface area contributed by atoms with Gasteiger partial charge in [-0.15, -0.1) is 0 Å². The summed E-state index contributed by atoms with van der Waals surface area (Å²) in [6.45, 7) is 2.92. The first-order valence-electron chi connectivity index (χ1n) is 7.36. The highest BCUT2D eigenvalue weighted by atomic mass is 19.1. The normalized spacial score (nSPS) is 13.8. The van der Waals surface area contributed by atoms with Crippen molar-refractivity contribution < 1.29 is 14.3 Å². The maximum atomic E-state index is 13.9. The zero-order chi connectivity index (χ0) is 15.7. The van der Waals surface area contributed by atoms with Gasteiger partial charge in [0, 0.05) is 13.1 Å². The van der Waals surface area contributed by atoms with Crippen molar-refractivity contribution in [2.45, 2.75) is 26.3 Å². The number of aromatic hydroxyl groups is 1. The zero-order valence-electron chi connectivity index (χ0n) is 12.5. The monoisotopic (exact) mass is 299 g/mol. The summed E-state index contributed by atoms with van der Waals surface area (Å²) in [6, 6.07) is 10.2. The number of hydrogen-bond donors (Lipinski definition) is 1. The molecule has 0 fully saturated rings. The third-order valence-electron chi connectivity index (χ3n) is 4.11. The van der Waals surface area contributed by atoms with Gasteiger partial charge in [0.15, 0.2) is 0 Å². The summed E-state index contributed by atoms with van der Waals surface area (Å²) in [5.41, 5.74) is 3.39. The highest BCUT2D eigenvalue weighted by Crippen LogP contribution is 2.23. The van der Waals surface area contributed by atoms with E-state index in [-0.39, 0.29) is 23.9 Å². The van der Waals surface area contributed by atoms with Crippen molar-refractivity contribution in [2.75, 3.05) is 6.54 Å². The van der Waals surface area contributed by atoms with E-state index in [0.29, 0.717) is 18.7 Å². The average molecular weight is 299 g/mol. The number of rotatable bonds is 2. The summed E-state index contributed by atoms with van der Waals surface area (Å²) in [5.74, 6) is -0.210. The second-order valence-corrected chi connectivity index (χ2v) is 5.79. The molecule has 2 aromatic carbocycles. The smallest absolute Gasteiger partial charge is 0.227 e. The molecule has 0 bridgehead atoms. The van der Waals surface area contributed by atoms with Crippen LogP contribution in [0.1, 0.15) is 22.3 Å². The van der Waals surface area contributed by atoms with Gasteiger partial charge in [0.25, 0.3) is 0 Å². The lowest BCUT2D eigenvalue weighted by molar-refractivity contribution is -0.131. The Balaban J connectivity index is 1.74. The van der Waals surface area contributed by atoms with Crippen molar-refractivity contribution in [1.82, 2.24) is 4.90 Å². The Morgan fingerprint density at radius 1 is 1.23 bits per heavy atom. The summed E-state index contributed by atoms with van der Waals surface area (Å²) in [7, 11) is 0. The molecule has 0 aromatic heterocycles. The number of aryl methyl sites for hydroxylation is 1. The third kappa shape index (κ3) is 2.96. The molecule has 3 rings (SSSR count). The Kier molecular flexibility index (Phi) is 3.84. The Hall–Kier alpha value is -2.36. The number of benzene rings is 2. The summed E-state index contributed by atoms with van der Waals surface area (Å²) >= 11 is 0. The largest absolute Gasteiger partial charge is 0.508 e. The third-order valence-corrected chi connectivity index (χ3v) is 4.11. The van der Waals surface area contributed by atoms with E-state index >= 15 is 0 Å². The van der Waals surface area contributed by atoms with E-state index in [4.69, 9.17) is 0 Å². The Morgan fingerprint density at radius 3 is 2.82 bits per heavy atom. The molecule has 3 nitrogen and oxygen atoms in total. The van der Waals surface area contributed by atoms with Crippen LogP contribution in [0.2, 0.25) is 0 Å². The molecule has 1 N–H and O–H groups in total. The average Bonchev–Trinajstić information content (AvgIpc) is 2.49. The van der Waals surface area contributed by atoms with Gasteiger partial charge in [-0.2, -0.15) is 0 Å². The summed E-state index contributed by atoms with van der Waals surface area (Å²) in [5, 5.41) is 9.56. The van der Waals surface area contributed by atoms with Gasteiger partial charge in [0.1, 0.15) is 11.6 Å². The molecule has 4 heteroatoms.